The largest absolute Gasteiger partial charge is 0.355 e. The van der Waals surface area contributed by atoms with Crippen LogP contribution in [0.3, 0.4) is 0 Å². The Hall–Kier alpha value is -1.60. The molecule has 8 heteroatoms. The lowest BCUT2D eigenvalue weighted by Gasteiger charge is -2.55. The molecule has 5 fully saturated rings. The van der Waals surface area contributed by atoms with Crippen molar-refractivity contribution in [3.05, 3.63) is 18.2 Å². The van der Waals surface area contributed by atoms with Crippen molar-refractivity contribution >= 4 is 24.2 Å². The molecule has 5 aliphatic rings. The van der Waals surface area contributed by atoms with E-state index >= 15 is 0 Å². The van der Waals surface area contributed by atoms with Crippen molar-refractivity contribution in [2.24, 2.45) is 30.2 Å². The molecule has 7 nitrogen and oxygen atoms in total. The first-order chi connectivity index (χ1) is 14.0. The second-order valence-corrected chi connectivity index (χ2v) is 9.91. The normalized spacial score (nSPS) is 34.5. The third-order valence-corrected chi connectivity index (χ3v) is 7.86. The molecule has 166 valence electrons. The lowest BCUT2D eigenvalue weighted by atomic mass is 9.49. The predicted molar refractivity (Wildman–Crippen MR) is 116 cm³/mol. The number of imidazole rings is 1. The maximum Gasteiger partial charge on any atom is 0.226 e. The molecular formula is C22H34ClN5O2. The summed E-state index contributed by atoms with van der Waals surface area (Å²) in [5.74, 6) is 3.49. The molecule has 4 saturated carbocycles. The number of amides is 2. The van der Waals surface area contributed by atoms with Crippen molar-refractivity contribution in [2.75, 3.05) is 26.2 Å². The minimum atomic E-state index is -0.137. The highest BCUT2D eigenvalue weighted by atomic mass is 35.5. The lowest BCUT2D eigenvalue weighted by molar-refractivity contribution is -0.146. The summed E-state index contributed by atoms with van der Waals surface area (Å²) in [6.45, 7) is 2.64. The van der Waals surface area contributed by atoms with Gasteiger partial charge in [0.25, 0.3) is 0 Å². The SMILES string of the molecule is Cl.Cn1ccnc1C1CNCCN1C(=O)CCNC(=O)C12CC3CC(CC(C3)C1)C2. The first-order valence-electron chi connectivity index (χ1n) is 11.3. The number of hydrogen-bond acceptors (Lipinski definition) is 4. The van der Waals surface area contributed by atoms with Gasteiger partial charge in [0, 0.05) is 57.5 Å². The molecule has 1 aromatic heterocycles. The Morgan fingerprint density at radius 3 is 2.47 bits per heavy atom. The number of rotatable bonds is 5. The van der Waals surface area contributed by atoms with Crippen LogP contribution in [0.1, 0.15) is 56.8 Å². The Bertz CT molecular complexity index is 759. The summed E-state index contributed by atoms with van der Waals surface area (Å²) in [4.78, 5) is 32.4. The zero-order valence-corrected chi connectivity index (χ0v) is 18.6. The fraction of sp³-hybridized carbons (Fsp3) is 0.773. The second kappa shape index (κ2) is 8.50. The van der Waals surface area contributed by atoms with E-state index in [1.54, 1.807) is 6.20 Å². The van der Waals surface area contributed by atoms with Gasteiger partial charge in [-0.05, 0) is 56.3 Å². The highest BCUT2D eigenvalue weighted by molar-refractivity contribution is 5.85. The van der Waals surface area contributed by atoms with Crippen LogP contribution in [0.15, 0.2) is 12.4 Å². The van der Waals surface area contributed by atoms with Crippen LogP contribution in [-0.2, 0) is 16.6 Å². The topological polar surface area (TPSA) is 79.3 Å². The first-order valence-corrected chi connectivity index (χ1v) is 11.3. The summed E-state index contributed by atoms with van der Waals surface area (Å²) in [6, 6.07) is -0.0462. The molecule has 0 aromatic carbocycles. The van der Waals surface area contributed by atoms with E-state index in [0.29, 0.717) is 19.5 Å². The van der Waals surface area contributed by atoms with Crippen molar-refractivity contribution in [3.8, 4) is 0 Å². The van der Waals surface area contributed by atoms with Crippen LogP contribution in [0, 0.1) is 23.2 Å². The number of hydrogen-bond donors (Lipinski definition) is 2. The van der Waals surface area contributed by atoms with E-state index in [9.17, 15) is 9.59 Å². The van der Waals surface area contributed by atoms with Gasteiger partial charge in [-0.15, -0.1) is 12.4 Å². The molecule has 2 amide bonds. The van der Waals surface area contributed by atoms with Crippen LogP contribution in [0.5, 0.6) is 0 Å². The molecule has 1 saturated heterocycles. The van der Waals surface area contributed by atoms with E-state index in [1.165, 1.54) is 19.3 Å². The Labute approximate surface area is 184 Å². The molecule has 1 unspecified atom stereocenters. The molecular weight excluding hydrogens is 402 g/mol. The maximum absolute atomic E-state index is 13.1. The fourth-order valence-electron chi connectivity index (χ4n) is 6.93. The fourth-order valence-corrected chi connectivity index (χ4v) is 6.93. The highest BCUT2D eigenvalue weighted by Gasteiger charge is 2.54. The van der Waals surface area contributed by atoms with E-state index in [2.05, 4.69) is 15.6 Å². The van der Waals surface area contributed by atoms with E-state index in [1.807, 2.05) is 22.7 Å². The summed E-state index contributed by atoms with van der Waals surface area (Å²) < 4.78 is 1.98. The Kier molecular flexibility index (Phi) is 6.13. The number of aryl methyl sites for hydroxylation is 1. The van der Waals surface area contributed by atoms with Gasteiger partial charge in [-0.25, -0.2) is 4.98 Å². The van der Waals surface area contributed by atoms with Gasteiger partial charge in [-0.1, -0.05) is 0 Å². The summed E-state index contributed by atoms with van der Waals surface area (Å²) in [5.41, 5.74) is -0.137. The van der Waals surface area contributed by atoms with Gasteiger partial charge in [0.1, 0.15) is 11.9 Å². The van der Waals surface area contributed by atoms with Crippen molar-refractivity contribution in [3.63, 3.8) is 0 Å². The number of halogens is 1. The van der Waals surface area contributed by atoms with Crippen molar-refractivity contribution in [1.82, 2.24) is 25.1 Å². The van der Waals surface area contributed by atoms with Gasteiger partial charge in [-0.3, -0.25) is 9.59 Å². The number of carbonyl (C=O) groups excluding carboxylic acids is 2. The summed E-state index contributed by atoms with van der Waals surface area (Å²) in [6.07, 6.45) is 11.3. The smallest absolute Gasteiger partial charge is 0.226 e. The monoisotopic (exact) mass is 435 g/mol. The minimum absolute atomic E-state index is 0. The average Bonchev–Trinajstić information content (AvgIpc) is 3.12. The molecule has 1 aromatic rings. The number of piperazine rings is 1. The standard InChI is InChI=1S/C22H33N5O2.ClH/c1-26-6-5-24-20(26)18-14-23-4-7-27(18)19(28)2-3-25-21(29)22-11-15-8-16(12-22)10-17(9-15)13-22;/h5-6,15-18,23H,2-4,7-14H2,1H3,(H,25,29);1H. The molecule has 1 aliphatic heterocycles. The molecule has 0 spiro atoms. The molecule has 4 aliphatic carbocycles. The molecule has 30 heavy (non-hydrogen) atoms. The summed E-state index contributed by atoms with van der Waals surface area (Å²) in [7, 11) is 1.96. The van der Waals surface area contributed by atoms with E-state index < -0.39 is 0 Å². The van der Waals surface area contributed by atoms with Gasteiger partial charge in [-0.2, -0.15) is 0 Å². The molecule has 2 heterocycles. The van der Waals surface area contributed by atoms with E-state index in [0.717, 1.165) is 55.9 Å². The van der Waals surface area contributed by atoms with Crippen molar-refractivity contribution < 1.29 is 9.59 Å². The Balaban J connectivity index is 0.00000218. The third kappa shape index (κ3) is 3.86. The van der Waals surface area contributed by atoms with Crippen LogP contribution in [0.25, 0.3) is 0 Å². The molecule has 6 rings (SSSR count). The van der Waals surface area contributed by atoms with Crippen LogP contribution < -0.4 is 10.6 Å². The van der Waals surface area contributed by atoms with Gasteiger partial charge in [0.15, 0.2) is 0 Å². The number of carbonyl (C=O) groups is 2. The van der Waals surface area contributed by atoms with Crippen molar-refractivity contribution in [1.29, 1.82) is 0 Å². The molecule has 0 radical (unpaired) electrons. The number of nitrogens with zero attached hydrogens (tertiary/aromatic N) is 3. The van der Waals surface area contributed by atoms with E-state index in [4.69, 9.17) is 0 Å². The van der Waals surface area contributed by atoms with Crippen LogP contribution in [0.2, 0.25) is 0 Å². The van der Waals surface area contributed by atoms with Crippen LogP contribution >= 0.6 is 12.4 Å². The van der Waals surface area contributed by atoms with Crippen molar-refractivity contribution in [2.45, 2.75) is 51.0 Å². The van der Waals surface area contributed by atoms with Gasteiger partial charge in [0.05, 0.1) is 0 Å². The van der Waals surface area contributed by atoms with Crippen LogP contribution in [-0.4, -0.2) is 52.4 Å². The zero-order valence-electron chi connectivity index (χ0n) is 17.8. The maximum atomic E-state index is 13.1. The quantitative estimate of drug-likeness (QED) is 0.741. The number of nitrogens with one attached hydrogen (secondary N) is 2. The van der Waals surface area contributed by atoms with Gasteiger partial charge in [0.2, 0.25) is 11.8 Å². The first kappa shape index (κ1) is 21.6. The molecule has 1 atom stereocenters. The summed E-state index contributed by atoms with van der Waals surface area (Å²) >= 11 is 0. The lowest BCUT2D eigenvalue weighted by Crippen LogP contribution is -2.54. The second-order valence-electron chi connectivity index (χ2n) is 9.91. The highest BCUT2D eigenvalue weighted by Crippen LogP contribution is 2.60. The summed E-state index contributed by atoms with van der Waals surface area (Å²) in [5, 5.41) is 6.51. The molecule has 2 N–H and O–H groups in total. The molecule has 4 bridgehead atoms. The Morgan fingerprint density at radius 1 is 1.20 bits per heavy atom. The Morgan fingerprint density at radius 2 is 1.87 bits per heavy atom. The predicted octanol–water partition coefficient (Wildman–Crippen LogP) is 2.04. The average molecular weight is 436 g/mol. The van der Waals surface area contributed by atoms with E-state index in [-0.39, 0.29) is 35.7 Å². The zero-order chi connectivity index (χ0) is 20.0. The van der Waals surface area contributed by atoms with Gasteiger partial charge >= 0.3 is 0 Å². The van der Waals surface area contributed by atoms with Crippen LogP contribution in [0.4, 0.5) is 0 Å². The minimum Gasteiger partial charge on any atom is -0.355 e. The number of aromatic nitrogens is 2. The third-order valence-electron chi connectivity index (χ3n) is 7.86. The van der Waals surface area contributed by atoms with Gasteiger partial charge < -0.3 is 20.1 Å².